The quantitative estimate of drug-likeness (QED) is 0.709. The number of nitrogens with one attached hydrogen (secondary N) is 1. The molecule has 5 nitrogen and oxygen atoms in total. The van der Waals surface area contributed by atoms with Crippen LogP contribution in [-0.2, 0) is 4.79 Å². The molecule has 0 bridgehead atoms. The highest BCUT2D eigenvalue weighted by molar-refractivity contribution is 5.92. The van der Waals surface area contributed by atoms with Crippen LogP contribution in [0.4, 0.5) is 10.1 Å². The van der Waals surface area contributed by atoms with E-state index in [1.807, 2.05) is 12.1 Å². The lowest BCUT2D eigenvalue weighted by atomic mass is 10.2. The van der Waals surface area contributed by atoms with Gasteiger partial charge < -0.3 is 15.0 Å². The summed E-state index contributed by atoms with van der Waals surface area (Å²) >= 11 is 0. The van der Waals surface area contributed by atoms with Crippen LogP contribution in [0.5, 0.6) is 5.75 Å². The normalized spacial score (nSPS) is 15.4. The van der Waals surface area contributed by atoms with Crippen molar-refractivity contribution < 1.29 is 13.9 Å². The second-order valence-corrected chi connectivity index (χ2v) is 7.19. The van der Waals surface area contributed by atoms with Crippen LogP contribution in [-0.4, -0.2) is 61.6 Å². The van der Waals surface area contributed by atoms with Gasteiger partial charge in [-0.2, -0.15) is 0 Å². The van der Waals surface area contributed by atoms with Crippen molar-refractivity contribution in [3.63, 3.8) is 0 Å². The Morgan fingerprint density at radius 1 is 1.07 bits per heavy atom. The van der Waals surface area contributed by atoms with E-state index in [1.165, 1.54) is 17.7 Å². The summed E-state index contributed by atoms with van der Waals surface area (Å²) < 4.78 is 18.7. The lowest BCUT2D eigenvalue weighted by Gasteiger charge is -2.34. The molecule has 1 aliphatic rings. The monoisotopic (exact) mass is 385 g/mol. The van der Waals surface area contributed by atoms with Crippen molar-refractivity contribution in [1.29, 1.82) is 0 Å². The number of carbonyl (C=O) groups is 1. The highest BCUT2D eigenvalue weighted by Crippen LogP contribution is 2.13. The van der Waals surface area contributed by atoms with E-state index in [-0.39, 0.29) is 11.7 Å². The number of nitrogens with zero attached hydrogens (tertiary/aromatic N) is 2. The summed E-state index contributed by atoms with van der Waals surface area (Å²) in [5, 5.41) is 2.81. The fourth-order valence-electron chi connectivity index (χ4n) is 3.29. The van der Waals surface area contributed by atoms with E-state index in [0.29, 0.717) is 18.8 Å². The van der Waals surface area contributed by atoms with Gasteiger partial charge in [0, 0.05) is 38.4 Å². The number of benzene rings is 2. The molecule has 0 aromatic heterocycles. The van der Waals surface area contributed by atoms with Crippen molar-refractivity contribution in [1.82, 2.24) is 9.80 Å². The van der Waals surface area contributed by atoms with E-state index < -0.39 is 0 Å². The molecule has 0 aliphatic carbocycles. The van der Waals surface area contributed by atoms with Gasteiger partial charge in [0.05, 0.1) is 13.2 Å². The number of ether oxygens (including phenoxy) is 1. The molecule has 0 radical (unpaired) electrons. The lowest BCUT2D eigenvalue weighted by molar-refractivity contribution is -0.117. The molecule has 1 fully saturated rings. The van der Waals surface area contributed by atoms with Gasteiger partial charge in [0.25, 0.3) is 0 Å². The van der Waals surface area contributed by atoms with E-state index in [2.05, 4.69) is 34.2 Å². The Bertz CT molecular complexity index is 759. The van der Waals surface area contributed by atoms with E-state index >= 15 is 0 Å². The summed E-state index contributed by atoms with van der Waals surface area (Å²) in [4.78, 5) is 16.7. The predicted molar refractivity (Wildman–Crippen MR) is 109 cm³/mol. The van der Waals surface area contributed by atoms with Gasteiger partial charge in [-0.1, -0.05) is 12.1 Å². The molecule has 150 valence electrons. The first-order valence-corrected chi connectivity index (χ1v) is 9.78. The third-order valence-corrected chi connectivity index (χ3v) is 4.84. The van der Waals surface area contributed by atoms with E-state index in [0.717, 1.165) is 44.9 Å². The molecular formula is C22H28FN3O2. The Hall–Kier alpha value is -2.44. The van der Waals surface area contributed by atoms with Crippen LogP contribution in [0.2, 0.25) is 0 Å². The van der Waals surface area contributed by atoms with Gasteiger partial charge in [-0.05, 0) is 55.3 Å². The number of hydrogen-bond donors (Lipinski definition) is 1. The standard InChI is InChI=1S/C22H28FN3O2/c1-18-4-2-5-21(16-18)28-15-3-10-25-11-13-26(14-12-25)17-22(27)24-20-8-6-19(23)7-9-20/h2,4-9,16H,3,10-15,17H2,1H3,(H,24,27). The number of amides is 1. The zero-order valence-corrected chi connectivity index (χ0v) is 16.4. The zero-order valence-electron chi connectivity index (χ0n) is 16.4. The van der Waals surface area contributed by atoms with Gasteiger partial charge in [0.2, 0.25) is 5.91 Å². The number of aryl methyl sites for hydroxylation is 1. The van der Waals surface area contributed by atoms with Crippen molar-refractivity contribution in [3.8, 4) is 5.75 Å². The Labute approximate surface area is 166 Å². The average Bonchev–Trinajstić information content (AvgIpc) is 2.68. The van der Waals surface area contributed by atoms with Crippen molar-refractivity contribution in [3.05, 3.63) is 59.9 Å². The molecule has 3 rings (SSSR count). The highest BCUT2D eigenvalue weighted by Gasteiger charge is 2.18. The zero-order chi connectivity index (χ0) is 19.8. The third-order valence-electron chi connectivity index (χ3n) is 4.84. The first-order valence-electron chi connectivity index (χ1n) is 9.78. The number of anilines is 1. The predicted octanol–water partition coefficient (Wildman–Crippen LogP) is 3.16. The maximum absolute atomic E-state index is 12.9. The number of halogens is 1. The molecule has 6 heteroatoms. The molecule has 28 heavy (non-hydrogen) atoms. The first kappa shape index (κ1) is 20.3. The molecular weight excluding hydrogens is 357 g/mol. The number of rotatable bonds is 8. The van der Waals surface area contributed by atoms with Crippen LogP contribution in [0.1, 0.15) is 12.0 Å². The minimum absolute atomic E-state index is 0.0633. The number of carbonyl (C=O) groups excluding carboxylic acids is 1. The smallest absolute Gasteiger partial charge is 0.238 e. The van der Waals surface area contributed by atoms with Crippen molar-refractivity contribution in [2.75, 3.05) is 51.2 Å². The Morgan fingerprint density at radius 2 is 1.79 bits per heavy atom. The highest BCUT2D eigenvalue weighted by atomic mass is 19.1. The molecule has 1 amide bonds. The van der Waals surface area contributed by atoms with Gasteiger partial charge >= 0.3 is 0 Å². The van der Waals surface area contributed by atoms with E-state index in [1.54, 1.807) is 12.1 Å². The van der Waals surface area contributed by atoms with Crippen molar-refractivity contribution in [2.45, 2.75) is 13.3 Å². The third kappa shape index (κ3) is 6.62. The molecule has 1 saturated heterocycles. The van der Waals surface area contributed by atoms with Gasteiger partial charge in [-0.3, -0.25) is 9.69 Å². The van der Waals surface area contributed by atoms with Crippen LogP contribution >= 0.6 is 0 Å². The maximum atomic E-state index is 12.9. The summed E-state index contributed by atoms with van der Waals surface area (Å²) in [5.41, 5.74) is 1.83. The van der Waals surface area contributed by atoms with Gasteiger partial charge in [0.1, 0.15) is 11.6 Å². The maximum Gasteiger partial charge on any atom is 0.238 e. The fourth-order valence-corrected chi connectivity index (χ4v) is 3.29. The fraction of sp³-hybridized carbons (Fsp3) is 0.409. The summed E-state index contributed by atoms with van der Waals surface area (Å²) in [5.74, 6) is 0.557. The van der Waals surface area contributed by atoms with Crippen molar-refractivity contribution >= 4 is 11.6 Å². The van der Waals surface area contributed by atoms with Crippen LogP contribution in [0.3, 0.4) is 0 Å². The summed E-state index contributed by atoms with van der Waals surface area (Å²) in [7, 11) is 0. The van der Waals surface area contributed by atoms with Gasteiger partial charge in [0.15, 0.2) is 0 Å². The van der Waals surface area contributed by atoms with Crippen LogP contribution < -0.4 is 10.1 Å². The number of hydrogen-bond acceptors (Lipinski definition) is 4. The summed E-state index contributed by atoms with van der Waals surface area (Å²) in [6, 6.07) is 13.9. The Balaban J connectivity index is 1.29. The minimum Gasteiger partial charge on any atom is -0.494 e. The van der Waals surface area contributed by atoms with Crippen LogP contribution in [0, 0.1) is 12.7 Å². The molecule has 0 spiro atoms. The molecule has 1 N–H and O–H groups in total. The average molecular weight is 385 g/mol. The SMILES string of the molecule is Cc1cccc(OCCCN2CCN(CC(=O)Nc3ccc(F)cc3)CC2)c1. The van der Waals surface area contributed by atoms with E-state index in [4.69, 9.17) is 4.74 Å². The molecule has 1 heterocycles. The number of piperazine rings is 1. The molecule has 1 aliphatic heterocycles. The van der Waals surface area contributed by atoms with Crippen LogP contribution in [0.25, 0.3) is 0 Å². The topological polar surface area (TPSA) is 44.8 Å². The summed E-state index contributed by atoms with van der Waals surface area (Å²) in [6.45, 7) is 7.78. The molecule has 2 aromatic rings. The second kappa shape index (κ2) is 10.2. The van der Waals surface area contributed by atoms with Crippen molar-refractivity contribution in [2.24, 2.45) is 0 Å². The van der Waals surface area contributed by atoms with Gasteiger partial charge in [-0.25, -0.2) is 4.39 Å². The molecule has 0 saturated carbocycles. The molecule has 2 aromatic carbocycles. The molecule has 0 atom stereocenters. The lowest BCUT2D eigenvalue weighted by Crippen LogP contribution is -2.48. The molecule has 0 unspecified atom stereocenters. The first-order chi connectivity index (χ1) is 13.6. The minimum atomic E-state index is -0.307. The van der Waals surface area contributed by atoms with E-state index in [9.17, 15) is 9.18 Å². The largest absolute Gasteiger partial charge is 0.494 e. The second-order valence-electron chi connectivity index (χ2n) is 7.19. The Kier molecular flexibility index (Phi) is 7.39. The summed E-state index contributed by atoms with van der Waals surface area (Å²) in [6.07, 6.45) is 0.985. The van der Waals surface area contributed by atoms with Crippen LogP contribution in [0.15, 0.2) is 48.5 Å². The Morgan fingerprint density at radius 3 is 2.50 bits per heavy atom. The van der Waals surface area contributed by atoms with Gasteiger partial charge in [-0.15, -0.1) is 0 Å².